The van der Waals surface area contributed by atoms with Crippen molar-refractivity contribution in [1.29, 1.82) is 0 Å². The third-order valence-corrected chi connectivity index (χ3v) is 5.68. The first-order valence-electron chi connectivity index (χ1n) is 8.41. The fourth-order valence-corrected chi connectivity index (χ4v) is 4.03. The van der Waals surface area contributed by atoms with E-state index in [1.54, 1.807) is 9.80 Å². The molecule has 1 aliphatic heterocycles. The first kappa shape index (κ1) is 17.1. The molecule has 0 saturated carbocycles. The second kappa shape index (κ2) is 6.11. The molecule has 0 unspecified atom stereocenters. The lowest BCUT2D eigenvalue weighted by Gasteiger charge is -2.13. The van der Waals surface area contributed by atoms with Gasteiger partial charge in [0.2, 0.25) is 0 Å². The number of thiocarbonyl (C=S) groups is 1. The summed E-state index contributed by atoms with van der Waals surface area (Å²) in [5.41, 5.74) is 3.80. The van der Waals surface area contributed by atoms with Crippen molar-refractivity contribution >= 4 is 62.7 Å². The summed E-state index contributed by atoms with van der Waals surface area (Å²) < 4.78 is 2.15. The predicted molar refractivity (Wildman–Crippen MR) is 111 cm³/mol. The second-order valence-corrected chi connectivity index (χ2v) is 7.22. The number of fused-ring (bicyclic) bond motifs is 3. The van der Waals surface area contributed by atoms with Gasteiger partial charge in [0.15, 0.2) is 5.11 Å². The van der Waals surface area contributed by atoms with E-state index in [2.05, 4.69) is 16.7 Å². The summed E-state index contributed by atoms with van der Waals surface area (Å²) in [6.45, 7) is 2.49. The first-order valence-corrected chi connectivity index (χ1v) is 9.20. The molecule has 26 heavy (non-hydrogen) atoms. The van der Waals surface area contributed by atoms with Crippen molar-refractivity contribution < 1.29 is 4.79 Å². The fourth-order valence-electron chi connectivity index (χ4n) is 3.55. The molecular formula is C20H18ClN3OS. The van der Waals surface area contributed by atoms with Crippen molar-refractivity contribution in [2.24, 2.45) is 7.05 Å². The standard InChI is InChI=1S/C20H18ClN3OS/c1-4-24-19(25)18(23(3)20(24)26)10-12-5-7-16-14(9-12)15-11-13(21)6-8-17(15)22(16)2/h5-11H,4H2,1-3H3/b18-10+. The van der Waals surface area contributed by atoms with Crippen LogP contribution in [0.4, 0.5) is 0 Å². The smallest absolute Gasteiger partial charge is 0.276 e. The summed E-state index contributed by atoms with van der Waals surface area (Å²) in [5.74, 6) is -0.0546. The van der Waals surface area contributed by atoms with E-state index in [9.17, 15) is 4.79 Å². The number of likely N-dealkylation sites (N-methyl/N-ethyl adjacent to an activating group) is 2. The molecular weight excluding hydrogens is 366 g/mol. The highest BCUT2D eigenvalue weighted by atomic mass is 35.5. The van der Waals surface area contributed by atoms with Crippen LogP contribution in [-0.2, 0) is 11.8 Å². The third-order valence-electron chi connectivity index (χ3n) is 4.96. The molecule has 1 saturated heterocycles. The Morgan fingerprint density at radius 3 is 2.38 bits per heavy atom. The van der Waals surface area contributed by atoms with Gasteiger partial charge in [-0.15, -0.1) is 0 Å². The highest BCUT2D eigenvalue weighted by molar-refractivity contribution is 7.80. The molecule has 4 nitrogen and oxygen atoms in total. The number of hydrogen-bond donors (Lipinski definition) is 0. The van der Waals surface area contributed by atoms with Crippen molar-refractivity contribution in [1.82, 2.24) is 14.4 Å². The fraction of sp³-hybridized carbons (Fsp3) is 0.200. The molecule has 1 aliphatic rings. The maximum Gasteiger partial charge on any atom is 0.276 e. The van der Waals surface area contributed by atoms with Crippen LogP contribution in [0.25, 0.3) is 27.9 Å². The Balaban J connectivity index is 1.88. The van der Waals surface area contributed by atoms with Crippen LogP contribution in [0.5, 0.6) is 0 Å². The quantitative estimate of drug-likeness (QED) is 0.485. The number of aromatic nitrogens is 1. The van der Waals surface area contributed by atoms with E-state index in [4.69, 9.17) is 23.8 Å². The third kappa shape index (κ3) is 2.42. The van der Waals surface area contributed by atoms with Gasteiger partial charge in [-0.2, -0.15) is 0 Å². The molecule has 0 aliphatic carbocycles. The molecule has 132 valence electrons. The number of amides is 1. The minimum absolute atomic E-state index is 0.0546. The van der Waals surface area contributed by atoms with Crippen molar-refractivity contribution in [2.75, 3.05) is 13.6 Å². The van der Waals surface area contributed by atoms with Crippen LogP contribution in [0, 0.1) is 0 Å². The van der Waals surface area contributed by atoms with E-state index in [0.29, 0.717) is 22.4 Å². The maximum absolute atomic E-state index is 12.6. The largest absolute Gasteiger partial charge is 0.344 e. The molecule has 0 radical (unpaired) electrons. The zero-order chi connectivity index (χ0) is 18.6. The predicted octanol–water partition coefficient (Wildman–Crippen LogP) is 4.40. The zero-order valence-corrected chi connectivity index (χ0v) is 16.4. The molecule has 0 N–H and O–H groups in total. The molecule has 1 amide bonds. The van der Waals surface area contributed by atoms with E-state index in [1.807, 2.05) is 51.4 Å². The molecule has 2 aromatic carbocycles. The Labute approximate surface area is 162 Å². The Morgan fingerprint density at radius 2 is 1.73 bits per heavy atom. The number of nitrogens with zero attached hydrogens (tertiary/aromatic N) is 3. The van der Waals surface area contributed by atoms with E-state index >= 15 is 0 Å². The van der Waals surface area contributed by atoms with Gasteiger partial charge >= 0.3 is 0 Å². The highest BCUT2D eigenvalue weighted by Crippen LogP contribution is 2.32. The van der Waals surface area contributed by atoms with Gasteiger partial charge in [0, 0.05) is 47.5 Å². The Morgan fingerprint density at radius 1 is 1.08 bits per heavy atom. The van der Waals surface area contributed by atoms with Gasteiger partial charge < -0.3 is 9.47 Å². The highest BCUT2D eigenvalue weighted by Gasteiger charge is 2.34. The van der Waals surface area contributed by atoms with E-state index in [1.165, 1.54) is 0 Å². The maximum atomic E-state index is 12.6. The number of carbonyl (C=O) groups is 1. The monoisotopic (exact) mass is 383 g/mol. The normalized spacial score (nSPS) is 16.7. The lowest BCUT2D eigenvalue weighted by Crippen LogP contribution is -2.30. The Kier molecular flexibility index (Phi) is 4.01. The number of rotatable bonds is 2. The number of hydrogen-bond acceptors (Lipinski definition) is 2. The van der Waals surface area contributed by atoms with Crippen molar-refractivity contribution in [3.05, 3.63) is 52.7 Å². The molecule has 1 aromatic heterocycles. The van der Waals surface area contributed by atoms with Crippen LogP contribution >= 0.6 is 23.8 Å². The Bertz CT molecular complexity index is 1120. The number of halogens is 1. The first-order chi connectivity index (χ1) is 12.4. The molecule has 6 heteroatoms. The topological polar surface area (TPSA) is 28.5 Å². The van der Waals surface area contributed by atoms with Crippen LogP contribution in [0.3, 0.4) is 0 Å². The minimum atomic E-state index is -0.0546. The van der Waals surface area contributed by atoms with Gasteiger partial charge in [-0.1, -0.05) is 17.7 Å². The van der Waals surface area contributed by atoms with Crippen LogP contribution in [0.2, 0.25) is 5.02 Å². The van der Waals surface area contributed by atoms with E-state index < -0.39 is 0 Å². The van der Waals surface area contributed by atoms with Crippen LogP contribution in [0.1, 0.15) is 12.5 Å². The molecule has 1 fully saturated rings. The number of carbonyl (C=O) groups excluding carboxylic acids is 1. The Hall–Kier alpha value is -2.37. The zero-order valence-electron chi connectivity index (χ0n) is 14.8. The van der Waals surface area contributed by atoms with E-state index in [0.717, 1.165) is 27.4 Å². The number of aryl methyl sites for hydroxylation is 1. The minimum Gasteiger partial charge on any atom is -0.344 e. The molecule has 0 bridgehead atoms. The lowest BCUT2D eigenvalue weighted by atomic mass is 10.1. The molecule has 0 atom stereocenters. The van der Waals surface area contributed by atoms with Crippen LogP contribution in [0.15, 0.2) is 42.1 Å². The van der Waals surface area contributed by atoms with E-state index in [-0.39, 0.29) is 5.91 Å². The molecule has 4 rings (SSSR count). The van der Waals surface area contributed by atoms with Gasteiger partial charge in [-0.25, -0.2) is 0 Å². The summed E-state index contributed by atoms with van der Waals surface area (Å²) in [6.07, 6.45) is 1.90. The average molecular weight is 384 g/mol. The number of benzene rings is 2. The van der Waals surface area contributed by atoms with Crippen molar-refractivity contribution in [3.63, 3.8) is 0 Å². The summed E-state index contributed by atoms with van der Waals surface area (Å²) in [4.78, 5) is 16.0. The van der Waals surface area contributed by atoms with Crippen LogP contribution < -0.4 is 0 Å². The van der Waals surface area contributed by atoms with Gasteiger partial charge in [0.1, 0.15) is 5.70 Å². The summed E-state index contributed by atoms with van der Waals surface area (Å²) in [7, 11) is 3.88. The SMILES string of the molecule is CCN1C(=O)/C(=C\c2ccc3c(c2)c2cc(Cl)ccc2n3C)N(C)C1=S. The van der Waals surface area contributed by atoms with Crippen molar-refractivity contribution in [2.45, 2.75) is 6.92 Å². The average Bonchev–Trinajstić information content (AvgIpc) is 3.01. The molecule has 3 aromatic rings. The van der Waals surface area contributed by atoms with Crippen LogP contribution in [-0.4, -0.2) is 39.0 Å². The van der Waals surface area contributed by atoms with Gasteiger partial charge in [0.05, 0.1) is 0 Å². The summed E-state index contributed by atoms with van der Waals surface area (Å²) in [5, 5.41) is 3.47. The lowest BCUT2D eigenvalue weighted by molar-refractivity contribution is -0.122. The molecule has 2 heterocycles. The van der Waals surface area contributed by atoms with Gasteiger partial charge in [-0.3, -0.25) is 9.69 Å². The second-order valence-electron chi connectivity index (χ2n) is 6.42. The molecule has 0 spiro atoms. The summed E-state index contributed by atoms with van der Waals surface area (Å²) in [6, 6.07) is 12.1. The van der Waals surface area contributed by atoms with Gasteiger partial charge in [0.25, 0.3) is 5.91 Å². The van der Waals surface area contributed by atoms with Gasteiger partial charge in [-0.05, 0) is 61.1 Å². The van der Waals surface area contributed by atoms with Crippen molar-refractivity contribution in [3.8, 4) is 0 Å². The summed E-state index contributed by atoms with van der Waals surface area (Å²) >= 11 is 11.6.